The molecule has 1 atom stereocenters. The molecule has 1 aromatic carbocycles. The van der Waals surface area contributed by atoms with Gasteiger partial charge in [0.25, 0.3) is 0 Å². The molecule has 7 heteroatoms. The normalized spacial score (nSPS) is 13.5. The number of hydrogen-bond acceptors (Lipinski definition) is 2. The molecule has 0 aliphatic heterocycles. The van der Waals surface area contributed by atoms with Crippen LogP contribution in [0.15, 0.2) is 30.5 Å². The molecule has 0 amide bonds. The first-order valence-corrected chi connectivity index (χ1v) is 6.24. The summed E-state index contributed by atoms with van der Waals surface area (Å²) in [6, 6.07) is 4.74. The van der Waals surface area contributed by atoms with Crippen LogP contribution in [0.25, 0.3) is 0 Å². The lowest BCUT2D eigenvalue weighted by molar-refractivity contribution is -0.138. The third-order valence-corrected chi connectivity index (χ3v) is 3.37. The van der Waals surface area contributed by atoms with E-state index in [9.17, 15) is 13.2 Å². The Morgan fingerprint density at radius 2 is 1.95 bits per heavy atom. The molecule has 0 fully saturated rings. The second-order valence-electron chi connectivity index (χ2n) is 4.31. The Morgan fingerprint density at radius 3 is 2.45 bits per heavy atom. The molecule has 1 heterocycles. The summed E-state index contributed by atoms with van der Waals surface area (Å²) in [5.41, 5.74) is -0.0736. The molecule has 1 aromatic heterocycles. The van der Waals surface area contributed by atoms with Crippen molar-refractivity contribution in [1.29, 1.82) is 0 Å². The molecule has 20 heavy (non-hydrogen) atoms. The van der Waals surface area contributed by atoms with Crippen molar-refractivity contribution in [3.8, 4) is 0 Å². The van der Waals surface area contributed by atoms with Crippen molar-refractivity contribution in [1.82, 2.24) is 15.1 Å². The van der Waals surface area contributed by atoms with Crippen molar-refractivity contribution < 1.29 is 13.2 Å². The van der Waals surface area contributed by atoms with Gasteiger partial charge in [-0.05, 0) is 18.7 Å². The minimum atomic E-state index is -4.42. The highest BCUT2D eigenvalue weighted by molar-refractivity contribution is 6.31. The quantitative estimate of drug-likeness (QED) is 0.942. The zero-order chi connectivity index (χ0) is 14.9. The molecule has 0 saturated carbocycles. The second-order valence-corrected chi connectivity index (χ2v) is 4.72. The van der Waals surface area contributed by atoms with Crippen LogP contribution in [0, 0.1) is 0 Å². The summed E-state index contributed by atoms with van der Waals surface area (Å²) in [6.45, 7) is 0. The maximum atomic E-state index is 13.1. The van der Waals surface area contributed by atoms with Crippen LogP contribution in [0.1, 0.15) is 22.9 Å². The standard InChI is InChI=1S/C13H13ClF3N3/c1-18-11(12-10(14)7-19-20(12)2)8-5-3-4-6-9(8)13(15,16)17/h3-7,11,18H,1-2H3. The Hall–Kier alpha value is -1.53. The lowest BCUT2D eigenvalue weighted by atomic mass is 9.97. The van der Waals surface area contributed by atoms with E-state index in [1.165, 1.54) is 23.0 Å². The molecule has 0 aliphatic carbocycles. The maximum Gasteiger partial charge on any atom is 0.416 e. The molecule has 2 rings (SSSR count). The highest BCUT2D eigenvalue weighted by atomic mass is 35.5. The number of rotatable bonds is 3. The van der Waals surface area contributed by atoms with Crippen LogP contribution in [0.5, 0.6) is 0 Å². The third-order valence-electron chi connectivity index (χ3n) is 3.08. The van der Waals surface area contributed by atoms with Gasteiger partial charge >= 0.3 is 6.18 Å². The predicted octanol–water partition coefficient (Wildman–Crippen LogP) is 3.40. The van der Waals surface area contributed by atoms with Crippen LogP contribution in [0.3, 0.4) is 0 Å². The van der Waals surface area contributed by atoms with Gasteiger partial charge in [-0.25, -0.2) is 0 Å². The minimum absolute atomic E-state index is 0.119. The summed E-state index contributed by atoms with van der Waals surface area (Å²) in [5, 5.41) is 7.16. The molecule has 0 bridgehead atoms. The van der Waals surface area contributed by atoms with Gasteiger partial charge in [-0.1, -0.05) is 29.8 Å². The van der Waals surface area contributed by atoms with Crippen LogP contribution < -0.4 is 5.32 Å². The smallest absolute Gasteiger partial charge is 0.308 e. The second kappa shape index (κ2) is 5.46. The molecule has 0 saturated heterocycles. The molecule has 0 radical (unpaired) electrons. The fourth-order valence-corrected chi connectivity index (χ4v) is 2.47. The lowest BCUT2D eigenvalue weighted by Gasteiger charge is -2.22. The monoisotopic (exact) mass is 303 g/mol. The van der Waals surface area contributed by atoms with E-state index in [4.69, 9.17) is 11.6 Å². The first kappa shape index (κ1) is 14.9. The Kier molecular flexibility index (Phi) is 4.06. The van der Waals surface area contributed by atoms with E-state index in [2.05, 4.69) is 10.4 Å². The van der Waals surface area contributed by atoms with Crippen molar-refractivity contribution in [3.63, 3.8) is 0 Å². The topological polar surface area (TPSA) is 29.9 Å². The van der Waals surface area contributed by atoms with Gasteiger partial charge in [-0.15, -0.1) is 0 Å². The van der Waals surface area contributed by atoms with Gasteiger partial charge < -0.3 is 5.32 Å². The summed E-state index contributed by atoms with van der Waals surface area (Å²) in [4.78, 5) is 0. The van der Waals surface area contributed by atoms with Gasteiger partial charge in [0.1, 0.15) is 0 Å². The van der Waals surface area contributed by atoms with E-state index >= 15 is 0 Å². The summed E-state index contributed by atoms with van der Waals surface area (Å²) < 4.78 is 40.8. The SMILES string of the molecule is CNC(c1ccccc1C(F)(F)F)c1c(Cl)cnn1C. The average molecular weight is 304 g/mol. The van der Waals surface area contributed by atoms with E-state index in [0.717, 1.165) is 6.07 Å². The van der Waals surface area contributed by atoms with Gasteiger partial charge in [0.15, 0.2) is 0 Å². The average Bonchev–Trinajstić information content (AvgIpc) is 2.71. The molecule has 1 unspecified atom stereocenters. The molecule has 0 spiro atoms. The predicted molar refractivity (Wildman–Crippen MR) is 70.6 cm³/mol. The molecular formula is C13H13ClF3N3. The summed E-state index contributed by atoms with van der Waals surface area (Å²) in [7, 11) is 3.23. The summed E-state index contributed by atoms with van der Waals surface area (Å²) in [5.74, 6) is 0. The number of halogens is 4. The first-order chi connectivity index (χ1) is 9.36. The zero-order valence-corrected chi connectivity index (χ0v) is 11.6. The van der Waals surface area contributed by atoms with Crippen LogP contribution in [0.4, 0.5) is 13.2 Å². The highest BCUT2D eigenvalue weighted by Gasteiger charge is 2.36. The Morgan fingerprint density at radius 1 is 1.30 bits per heavy atom. The highest BCUT2D eigenvalue weighted by Crippen LogP contribution is 2.37. The van der Waals surface area contributed by atoms with Crippen LogP contribution >= 0.6 is 11.6 Å². The van der Waals surface area contributed by atoms with Gasteiger partial charge in [-0.2, -0.15) is 18.3 Å². The van der Waals surface area contributed by atoms with E-state index in [-0.39, 0.29) is 5.56 Å². The number of nitrogens with one attached hydrogen (secondary N) is 1. The van der Waals surface area contributed by atoms with Gasteiger partial charge in [0.2, 0.25) is 0 Å². The van der Waals surface area contributed by atoms with E-state index in [1.54, 1.807) is 20.2 Å². The molecular weight excluding hydrogens is 291 g/mol. The fourth-order valence-electron chi connectivity index (χ4n) is 2.19. The van der Waals surface area contributed by atoms with E-state index < -0.39 is 17.8 Å². The van der Waals surface area contributed by atoms with Crippen molar-refractivity contribution in [2.75, 3.05) is 7.05 Å². The van der Waals surface area contributed by atoms with Gasteiger partial charge in [0, 0.05) is 7.05 Å². The third kappa shape index (κ3) is 2.66. The Labute approximate surface area is 119 Å². The zero-order valence-electron chi connectivity index (χ0n) is 10.9. The molecule has 3 nitrogen and oxygen atoms in total. The minimum Gasteiger partial charge on any atom is -0.308 e. The Bertz CT molecular complexity index is 588. The number of benzene rings is 1. The van der Waals surface area contributed by atoms with Crippen molar-refractivity contribution in [3.05, 3.63) is 52.3 Å². The molecule has 0 aliphatic rings. The first-order valence-electron chi connectivity index (χ1n) is 5.87. The van der Waals surface area contributed by atoms with Crippen molar-refractivity contribution in [2.45, 2.75) is 12.2 Å². The molecule has 108 valence electrons. The van der Waals surface area contributed by atoms with E-state index in [0.29, 0.717) is 10.7 Å². The Balaban J connectivity index is 2.60. The number of aromatic nitrogens is 2. The van der Waals surface area contributed by atoms with Gasteiger partial charge in [0.05, 0.1) is 28.5 Å². The van der Waals surface area contributed by atoms with Crippen LogP contribution in [-0.4, -0.2) is 16.8 Å². The number of hydrogen-bond donors (Lipinski definition) is 1. The number of nitrogens with zero attached hydrogens (tertiary/aromatic N) is 2. The summed E-state index contributed by atoms with van der Waals surface area (Å²) >= 11 is 6.03. The fraction of sp³-hybridized carbons (Fsp3) is 0.308. The van der Waals surface area contributed by atoms with Crippen molar-refractivity contribution in [2.24, 2.45) is 7.05 Å². The van der Waals surface area contributed by atoms with Crippen molar-refractivity contribution >= 4 is 11.6 Å². The maximum absolute atomic E-state index is 13.1. The molecule has 2 aromatic rings. The van der Waals surface area contributed by atoms with Gasteiger partial charge in [-0.3, -0.25) is 4.68 Å². The molecule has 1 N–H and O–H groups in total. The largest absolute Gasteiger partial charge is 0.416 e. The van der Waals surface area contributed by atoms with Crippen LogP contribution in [0.2, 0.25) is 5.02 Å². The lowest BCUT2D eigenvalue weighted by Crippen LogP contribution is -2.24. The number of alkyl halides is 3. The van der Waals surface area contributed by atoms with E-state index in [1.807, 2.05) is 0 Å². The van der Waals surface area contributed by atoms with Crippen LogP contribution in [-0.2, 0) is 13.2 Å². The number of aryl methyl sites for hydroxylation is 1. The summed E-state index contributed by atoms with van der Waals surface area (Å²) in [6.07, 6.45) is -3.01.